The maximum absolute atomic E-state index is 12.0. The molecule has 0 aliphatic carbocycles. The van der Waals surface area contributed by atoms with Crippen LogP contribution in [0.2, 0.25) is 0 Å². The van der Waals surface area contributed by atoms with E-state index in [1.807, 2.05) is 13.8 Å². The van der Waals surface area contributed by atoms with Crippen molar-refractivity contribution >= 4 is 11.8 Å². The van der Waals surface area contributed by atoms with Gasteiger partial charge < -0.3 is 15.5 Å². The molecule has 5 nitrogen and oxygen atoms in total. The summed E-state index contributed by atoms with van der Waals surface area (Å²) >= 11 is 0. The lowest BCUT2D eigenvalue weighted by atomic mass is 10.2. The van der Waals surface area contributed by atoms with Gasteiger partial charge in [-0.1, -0.05) is 13.8 Å². The van der Waals surface area contributed by atoms with Crippen molar-refractivity contribution in [3.8, 4) is 0 Å². The van der Waals surface area contributed by atoms with Crippen molar-refractivity contribution < 1.29 is 9.59 Å². The highest BCUT2D eigenvalue weighted by Crippen LogP contribution is 1.96. The molecule has 112 valence electrons. The van der Waals surface area contributed by atoms with Gasteiger partial charge in [0.1, 0.15) is 6.04 Å². The second-order valence-electron chi connectivity index (χ2n) is 5.01. The van der Waals surface area contributed by atoms with Crippen LogP contribution in [0.1, 0.15) is 47.5 Å². The minimum Gasteiger partial charge on any atom is -0.345 e. The quantitative estimate of drug-likeness (QED) is 0.618. The summed E-state index contributed by atoms with van der Waals surface area (Å²) in [6.45, 7) is 11.9. The normalized spacial score (nSPS) is 12.3. The van der Waals surface area contributed by atoms with Crippen LogP contribution < -0.4 is 10.6 Å². The standard InChI is InChI=1S/C14H29N3O2/c1-6-17(7-2)14(19)12(5)16-13(18)9-8-10-15-11(3)4/h11-12,15H,6-10H2,1-5H3,(H,16,18). The largest absolute Gasteiger partial charge is 0.345 e. The van der Waals surface area contributed by atoms with Crippen molar-refractivity contribution in [2.45, 2.75) is 59.5 Å². The number of carbonyl (C=O) groups excluding carboxylic acids is 2. The molecule has 0 radical (unpaired) electrons. The van der Waals surface area contributed by atoms with Crippen LogP contribution in [0.15, 0.2) is 0 Å². The molecule has 0 rings (SSSR count). The van der Waals surface area contributed by atoms with Crippen molar-refractivity contribution in [2.24, 2.45) is 0 Å². The van der Waals surface area contributed by atoms with Crippen molar-refractivity contribution in [1.82, 2.24) is 15.5 Å². The van der Waals surface area contributed by atoms with Gasteiger partial charge in [-0.3, -0.25) is 9.59 Å². The molecule has 0 aliphatic rings. The van der Waals surface area contributed by atoms with Gasteiger partial charge in [0.2, 0.25) is 11.8 Å². The Morgan fingerprint density at radius 3 is 2.16 bits per heavy atom. The molecular weight excluding hydrogens is 242 g/mol. The van der Waals surface area contributed by atoms with Gasteiger partial charge in [0, 0.05) is 25.6 Å². The summed E-state index contributed by atoms with van der Waals surface area (Å²) in [7, 11) is 0. The third-order valence-electron chi connectivity index (χ3n) is 2.96. The molecule has 5 heteroatoms. The third-order valence-corrected chi connectivity index (χ3v) is 2.96. The first-order chi connectivity index (χ1) is 8.92. The fourth-order valence-corrected chi connectivity index (χ4v) is 1.82. The zero-order chi connectivity index (χ0) is 14.8. The highest BCUT2D eigenvalue weighted by atomic mass is 16.2. The molecule has 0 saturated heterocycles. The Morgan fingerprint density at radius 1 is 1.11 bits per heavy atom. The molecule has 0 aromatic heterocycles. The molecule has 0 heterocycles. The first kappa shape index (κ1) is 17.9. The maximum atomic E-state index is 12.0. The van der Waals surface area contributed by atoms with Crippen molar-refractivity contribution in [3.63, 3.8) is 0 Å². The van der Waals surface area contributed by atoms with Crippen molar-refractivity contribution in [1.29, 1.82) is 0 Å². The number of hydrogen-bond acceptors (Lipinski definition) is 3. The molecule has 2 N–H and O–H groups in total. The van der Waals surface area contributed by atoms with E-state index in [1.165, 1.54) is 0 Å². The molecule has 1 unspecified atom stereocenters. The third kappa shape index (κ3) is 7.82. The van der Waals surface area contributed by atoms with E-state index in [4.69, 9.17) is 0 Å². The van der Waals surface area contributed by atoms with Crippen molar-refractivity contribution in [3.05, 3.63) is 0 Å². The molecular formula is C14H29N3O2. The second kappa shape index (κ2) is 9.78. The minimum absolute atomic E-state index is 0.0151. The molecule has 0 saturated carbocycles. The van der Waals surface area contributed by atoms with Gasteiger partial charge in [0.25, 0.3) is 0 Å². The van der Waals surface area contributed by atoms with Crippen LogP contribution in [-0.2, 0) is 9.59 Å². The summed E-state index contributed by atoms with van der Waals surface area (Å²) in [5, 5.41) is 6.02. The predicted molar refractivity (Wildman–Crippen MR) is 77.9 cm³/mol. The highest BCUT2D eigenvalue weighted by Gasteiger charge is 2.19. The number of likely N-dealkylation sites (N-methyl/N-ethyl adjacent to an activating group) is 1. The van der Waals surface area contributed by atoms with Crippen LogP contribution in [0, 0.1) is 0 Å². The van der Waals surface area contributed by atoms with Gasteiger partial charge in [-0.05, 0) is 33.7 Å². The lowest BCUT2D eigenvalue weighted by molar-refractivity contribution is -0.135. The Bertz CT molecular complexity index is 276. The topological polar surface area (TPSA) is 61.4 Å². The van der Waals surface area contributed by atoms with Gasteiger partial charge in [-0.2, -0.15) is 0 Å². The second-order valence-corrected chi connectivity index (χ2v) is 5.01. The van der Waals surface area contributed by atoms with Gasteiger partial charge in [-0.15, -0.1) is 0 Å². The average Bonchev–Trinajstić information content (AvgIpc) is 2.35. The van der Waals surface area contributed by atoms with Gasteiger partial charge in [0.15, 0.2) is 0 Å². The number of amides is 2. The lowest BCUT2D eigenvalue weighted by Gasteiger charge is -2.23. The molecule has 2 amide bonds. The Balaban J connectivity index is 3.95. The first-order valence-corrected chi connectivity index (χ1v) is 7.23. The van der Waals surface area contributed by atoms with E-state index in [0.29, 0.717) is 25.6 Å². The molecule has 0 spiro atoms. The Hall–Kier alpha value is -1.10. The summed E-state index contributed by atoms with van der Waals surface area (Å²) in [5.74, 6) is -0.0720. The minimum atomic E-state index is -0.439. The molecule has 0 aromatic rings. The van der Waals surface area contributed by atoms with E-state index >= 15 is 0 Å². The summed E-state index contributed by atoms with van der Waals surface area (Å²) in [5.41, 5.74) is 0. The number of nitrogens with zero attached hydrogens (tertiary/aromatic N) is 1. The van der Waals surface area contributed by atoms with Crippen LogP contribution in [0.25, 0.3) is 0 Å². The van der Waals surface area contributed by atoms with Crippen LogP contribution in [0.5, 0.6) is 0 Å². The molecule has 0 aliphatic heterocycles. The van der Waals surface area contributed by atoms with Crippen LogP contribution >= 0.6 is 0 Å². The Kier molecular flexibility index (Phi) is 9.21. The van der Waals surface area contributed by atoms with E-state index in [-0.39, 0.29) is 11.8 Å². The van der Waals surface area contributed by atoms with E-state index in [9.17, 15) is 9.59 Å². The number of nitrogens with one attached hydrogen (secondary N) is 2. The van der Waals surface area contributed by atoms with Crippen molar-refractivity contribution in [2.75, 3.05) is 19.6 Å². The number of rotatable bonds is 9. The van der Waals surface area contributed by atoms with Crippen LogP contribution in [0.3, 0.4) is 0 Å². The number of carbonyl (C=O) groups is 2. The fraction of sp³-hybridized carbons (Fsp3) is 0.857. The van der Waals surface area contributed by atoms with E-state index in [0.717, 1.165) is 13.0 Å². The van der Waals surface area contributed by atoms with Gasteiger partial charge in [-0.25, -0.2) is 0 Å². The van der Waals surface area contributed by atoms with E-state index < -0.39 is 6.04 Å². The monoisotopic (exact) mass is 271 g/mol. The summed E-state index contributed by atoms with van der Waals surface area (Å²) in [6, 6.07) is -0.00307. The van der Waals surface area contributed by atoms with Gasteiger partial charge >= 0.3 is 0 Å². The van der Waals surface area contributed by atoms with Crippen LogP contribution in [0.4, 0.5) is 0 Å². The van der Waals surface area contributed by atoms with E-state index in [1.54, 1.807) is 11.8 Å². The summed E-state index contributed by atoms with van der Waals surface area (Å²) in [6.07, 6.45) is 1.24. The smallest absolute Gasteiger partial charge is 0.244 e. The maximum Gasteiger partial charge on any atom is 0.244 e. The predicted octanol–water partition coefficient (Wildman–Crippen LogP) is 1.14. The zero-order valence-corrected chi connectivity index (χ0v) is 13.0. The molecule has 0 fully saturated rings. The highest BCUT2D eigenvalue weighted by molar-refractivity contribution is 5.87. The van der Waals surface area contributed by atoms with E-state index in [2.05, 4.69) is 24.5 Å². The SMILES string of the molecule is CCN(CC)C(=O)C(C)NC(=O)CCCNC(C)C. The zero-order valence-electron chi connectivity index (χ0n) is 13.0. The summed E-state index contributed by atoms with van der Waals surface area (Å²) in [4.78, 5) is 25.4. The first-order valence-electron chi connectivity index (χ1n) is 7.23. The molecule has 0 bridgehead atoms. The molecule has 19 heavy (non-hydrogen) atoms. The molecule has 1 atom stereocenters. The average molecular weight is 271 g/mol. The Morgan fingerprint density at radius 2 is 1.68 bits per heavy atom. The fourth-order valence-electron chi connectivity index (χ4n) is 1.82. The van der Waals surface area contributed by atoms with Crippen LogP contribution in [-0.4, -0.2) is 48.4 Å². The lowest BCUT2D eigenvalue weighted by Crippen LogP contribution is -2.46. The molecule has 0 aromatic carbocycles. The number of hydrogen-bond donors (Lipinski definition) is 2. The van der Waals surface area contributed by atoms with Gasteiger partial charge in [0.05, 0.1) is 0 Å². The summed E-state index contributed by atoms with van der Waals surface area (Å²) < 4.78 is 0. The Labute approximate surface area is 117 Å².